The Morgan fingerprint density at radius 2 is 2.07 bits per heavy atom. The van der Waals surface area contributed by atoms with Crippen molar-refractivity contribution in [2.45, 2.75) is 52.3 Å². The maximum absolute atomic E-state index is 12.6. The Kier molecular flexibility index (Phi) is 6.39. The van der Waals surface area contributed by atoms with Crippen molar-refractivity contribution in [3.05, 3.63) is 62.8 Å². The molecule has 0 radical (unpaired) electrons. The highest BCUT2D eigenvalue weighted by molar-refractivity contribution is 5.97. The van der Waals surface area contributed by atoms with Gasteiger partial charge in [0.1, 0.15) is 5.56 Å². The summed E-state index contributed by atoms with van der Waals surface area (Å²) in [7, 11) is 1.97. The zero-order valence-corrected chi connectivity index (χ0v) is 17.3. The number of carbonyl (C=O) groups excluding carboxylic acids is 1. The number of para-hydroxylation sites is 1. The van der Waals surface area contributed by atoms with Crippen molar-refractivity contribution in [1.29, 1.82) is 0 Å². The smallest absolute Gasteiger partial charge is 0.322 e. The van der Waals surface area contributed by atoms with Gasteiger partial charge < -0.3 is 4.57 Å². The Bertz CT molecular complexity index is 1010. The number of allylic oxidation sites excluding steroid dienone is 1. The van der Waals surface area contributed by atoms with Gasteiger partial charge in [-0.15, -0.1) is 4.91 Å². The highest BCUT2D eigenvalue weighted by Crippen LogP contribution is 2.28. The quantitative estimate of drug-likeness (QED) is 0.419. The minimum Gasteiger partial charge on any atom is -0.342 e. The molecule has 29 heavy (non-hydrogen) atoms. The largest absolute Gasteiger partial charge is 0.342 e. The van der Waals surface area contributed by atoms with Crippen LogP contribution in [0.3, 0.4) is 0 Å². The van der Waals surface area contributed by atoms with Crippen LogP contribution in [0.25, 0.3) is 10.9 Å². The molecule has 1 aromatic heterocycles. The first-order valence-electron chi connectivity index (χ1n) is 9.90. The highest BCUT2D eigenvalue weighted by atomic mass is 16.7. The van der Waals surface area contributed by atoms with Crippen LogP contribution in [-0.4, -0.2) is 34.7 Å². The van der Waals surface area contributed by atoms with Crippen LogP contribution in [0.15, 0.2) is 52.1 Å². The predicted octanol–water partition coefficient (Wildman–Crippen LogP) is 3.90. The van der Waals surface area contributed by atoms with E-state index in [0.717, 1.165) is 18.4 Å². The summed E-state index contributed by atoms with van der Waals surface area (Å²) in [6, 6.07) is 7.40. The van der Waals surface area contributed by atoms with Gasteiger partial charge in [0.2, 0.25) is 5.43 Å². The van der Waals surface area contributed by atoms with Gasteiger partial charge >= 0.3 is 5.91 Å². The third-order valence-electron chi connectivity index (χ3n) is 5.39. The van der Waals surface area contributed by atoms with E-state index in [4.69, 9.17) is 4.84 Å². The maximum atomic E-state index is 12.6. The minimum absolute atomic E-state index is 0.132. The number of hydrogen-bond donors (Lipinski definition) is 0. The van der Waals surface area contributed by atoms with Gasteiger partial charge in [-0.1, -0.05) is 30.7 Å². The Morgan fingerprint density at radius 1 is 1.34 bits per heavy atom. The first kappa shape index (κ1) is 21.1. The number of nitrogens with zero attached hydrogens (tertiary/aromatic N) is 3. The van der Waals surface area contributed by atoms with E-state index in [-0.39, 0.29) is 11.7 Å². The average Bonchev–Trinajstić information content (AvgIpc) is 2.69. The number of hydrogen-bond acceptors (Lipinski definition) is 5. The van der Waals surface area contributed by atoms with Gasteiger partial charge in [0.05, 0.1) is 11.6 Å². The molecule has 1 amide bonds. The van der Waals surface area contributed by atoms with Crippen molar-refractivity contribution in [3.63, 3.8) is 0 Å². The first-order chi connectivity index (χ1) is 13.8. The second-order valence-electron chi connectivity index (χ2n) is 7.90. The maximum Gasteiger partial charge on any atom is 0.322 e. The van der Waals surface area contributed by atoms with E-state index in [9.17, 15) is 14.5 Å². The molecule has 0 bridgehead atoms. The van der Waals surface area contributed by atoms with E-state index < -0.39 is 11.3 Å². The van der Waals surface area contributed by atoms with Gasteiger partial charge in [-0.05, 0) is 44.7 Å². The summed E-state index contributed by atoms with van der Waals surface area (Å²) < 4.78 is 1.86. The van der Waals surface area contributed by atoms with E-state index >= 15 is 0 Å². The summed E-state index contributed by atoms with van der Waals surface area (Å²) in [6.45, 7) is 6.74. The van der Waals surface area contributed by atoms with Gasteiger partial charge in [-0.25, -0.2) is 0 Å². The van der Waals surface area contributed by atoms with Gasteiger partial charge in [-0.3, -0.25) is 14.4 Å². The molecule has 7 heteroatoms. The van der Waals surface area contributed by atoms with Gasteiger partial charge in [-0.2, -0.15) is 5.06 Å². The number of amides is 1. The molecule has 154 valence electrons. The molecule has 7 nitrogen and oxygen atoms in total. The van der Waals surface area contributed by atoms with Crippen LogP contribution < -0.4 is 5.43 Å². The lowest BCUT2D eigenvalue weighted by Gasteiger charge is -2.35. The van der Waals surface area contributed by atoms with E-state index in [1.807, 2.05) is 42.7 Å². The average molecular weight is 397 g/mol. The molecule has 0 saturated heterocycles. The zero-order chi connectivity index (χ0) is 21.1. The van der Waals surface area contributed by atoms with E-state index in [0.29, 0.717) is 23.9 Å². The fraction of sp³-hybridized carbons (Fsp3) is 0.455. The van der Waals surface area contributed by atoms with Gasteiger partial charge in [0.15, 0.2) is 0 Å². The van der Waals surface area contributed by atoms with Crippen molar-refractivity contribution in [2.75, 3.05) is 7.05 Å². The molecular formula is C22H27N3O4. The molecule has 0 fully saturated rings. The van der Waals surface area contributed by atoms with E-state index in [1.54, 1.807) is 12.1 Å². The topological polar surface area (TPSA) is 81.0 Å². The number of benzene rings is 1. The van der Waals surface area contributed by atoms with Crippen LogP contribution in [0.1, 0.15) is 44.0 Å². The zero-order valence-electron chi connectivity index (χ0n) is 17.3. The van der Waals surface area contributed by atoms with Crippen molar-refractivity contribution in [2.24, 2.45) is 11.1 Å². The molecule has 1 aliphatic rings. The SMILES string of the molecule is CC(C)ON(C)C1CCC(Cn2cc(C(=O)N=O)c(=O)c3ccccc32)=C[C@H]1C. The molecule has 0 N–H and O–H groups in total. The fourth-order valence-corrected chi connectivity index (χ4v) is 4.11. The van der Waals surface area contributed by atoms with Crippen molar-refractivity contribution < 1.29 is 9.63 Å². The summed E-state index contributed by atoms with van der Waals surface area (Å²) >= 11 is 0. The second-order valence-corrected chi connectivity index (χ2v) is 7.90. The van der Waals surface area contributed by atoms with Crippen LogP contribution in [0.2, 0.25) is 0 Å². The summed E-state index contributed by atoms with van der Waals surface area (Å²) in [5.41, 5.74) is 1.31. The fourth-order valence-electron chi connectivity index (χ4n) is 4.11. The number of pyridine rings is 1. The number of fused-ring (bicyclic) bond motifs is 1. The molecule has 1 aliphatic carbocycles. The first-order valence-corrected chi connectivity index (χ1v) is 9.90. The Labute approximate surface area is 169 Å². The van der Waals surface area contributed by atoms with E-state index in [1.165, 1.54) is 11.8 Å². The van der Waals surface area contributed by atoms with Crippen LogP contribution in [0, 0.1) is 10.8 Å². The summed E-state index contributed by atoms with van der Waals surface area (Å²) in [5.74, 6) is -0.737. The predicted molar refractivity (Wildman–Crippen MR) is 113 cm³/mol. The van der Waals surface area contributed by atoms with E-state index in [2.05, 4.69) is 18.2 Å². The highest BCUT2D eigenvalue weighted by Gasteiger charge is 2.26. The minimum atomic E-state index is -1.03. The van der Waals surface area contributed by atoms with Gasteiger partial charge in [0.25, 0.3) is 0 Å². The molecule has 1 heterocycles. The lowest BCUT2D eigenvalue weighted by Crippen LogP contribution is -2.39. The third kappa shape index (κ3) is 4.52. The van der Waals surface area contributed by atoms with Crippen LogP contribution in [-0.2, 0) is 11.4 Å². The number of carbonyl (C=O) groups is 1. The molecule has 1 aromatic carbocycles. The molecular weight excluding hydrogens is 370 g/mol. The lowest BCUT2D eigenvalue weighted by atomic mass is 9.87. The molecule has 2 atom stereocenters. The van der Waals surface area contributed by atoms with Gasteiger partial charge in [0, 0.05) is 36.4 Å². The summed E-state index contributed by atoms with van der Waals surface area (Å²) in [6.07, 6.45) is 5.67. The normalized spacial score (nSPS) is 19.6. The summed E-state index contributed by atoms with van der Waals surface area (Å²) in [4.78, 5) is 41.0. The Balaban J connectivity index is 1.92. The molecule has 3 rings (SSSR count). The molecule has 0 saturated carbocycles. The lowest BCUT2D eigenvalue weighted by molar-refractivity contribution is -0.203. The number of nitroso groups, excluding NO2 is 1. The number of rotatable bonds is 6. The van der Waals surface area contributed by atoms with Crippen molar-refractivity contribution >= 4 is 16.8 Å². The van der Waals surface area contributed by atoms with Crippen molar-refractivity contribution in [1.82, 2.24) is 9.63 Å². The Hall–Kier alpha value is -2.64. The van der Waals surface area contributed by atoms with Crippen molar-refractivity contribution in [3.8, 4) is 0 Å². The molecule has 2 aromatic rings. The van der Waals surface area contributed by atoms with Crippen LogP contribution in [0.4, 0.5) is 0 Å². The summed E-state index contributed by atoms with van der Waals surface area (Å²) in [5, 5.41) is 4.80. The molecule has 0 spiro atoms. The standard InChI is InChI=1S/C22H27N3O4/c1-14(2)29-24(4)19-10-9-16(11-15(19)3)12-25-13-18(22(27)23-28)21(26)17-7-5-6-8-20(17)25/h5-8,11,13-15,19H,9-10,12H2,1-4H3/t15-,19?/m1/s1. The molecule has 0 aliphatic heterocycles. The van der Waals surface area contributed by atoms with Crippen LogP contribution >= 0.6 is 0 Å². The monoisotopic (exact) mass is 397 g/mol. The second kappa shape index (κ2) is 8.80. The third-order valence-corrected chi connectivity index (χ3v) is 5.39. The van der Waals surface area contributed by atoms with Crippen LogP contribution in [0.5, 0.6) is 0 Å². The molecule has 1 unspecified atom stereocenters. The Morgan fingerprint density at radius 3 is 2.72 bits per heavy atom. The number of hydroxylamine groups is 2. The number of aromatic nitrogens is 1.